The summed E-state index contributed by atoms with van der Waals surface area (Å²) in [5, 5.41) is 1.95. The first-order chi connectivity index (χ1) is 13.1. The van der Waals surface area contributed by atoms with Gasteiger partial charge in [-0.15, -0.1) is 11.3 Å². The minimum atomic E-state index is -0.809. The van der Waals surface area contributed by atoms with Gasteiger partial charge in [-0.3, -0.25) is 9.59 Å². The third kappa shape index (κ3) is 3.90. The van der Waals surface area contributed by atoms with E-state index in [0.29, 0.717) is 17.9 Å². The SMILES string of the molecule is CCOC(=O)[C@@H]1C(=O)C=C(c2ccc(OC)cc2OC)C[C@@H]1c1cccs1. The van der Waals surface area contributed by atoms with E-state index in [0.717, 1.165) is 16.0 Å². The normalized spacial score (nSPS) is 19.4. The van der Waals surface area contributed by atoms with Crippen LogP contribution >= 0.6 is 11.3 Å². The monoisotopic (exact) mass is 386 g/mol. The Labute approximate surface area is 162 Å². The lowest BCUT2D eigenvalue weighted by atomic mass is 9.76. The van der Waals surface area contributed by atoms with Crippen molar-refractivity contribution in [3.8, 4) is 11.5 Å². The zero-order chi connectivity index (χ0) is 19.4. The molecule has 0 aliphatic heterocycles. The fourth-order valence-electron chi connectivity index (χ4n) is 3.40. The Hall–Kier alpha value is -2.60. The Morgan fingerprint density at radius 1 is 1.22 bits per heavy atom. The number of hydrogen-bond donors (Lipinski definition) is 0. The first kappa shape index (κ1) is 19.2. The maximum Gasteiger partial charge on any atom is 0.317 e. The molecule has 6 heteroatoms. The first-order valence-electron chi connectivity index (χ1n) is 8.75. The lowest BCUT2D eigenvalue weighted by Gasteiger charge is -2.29. The Morgan fingerprint density at radius 2 is 2.04 bits per heavy atom. The number of ketones is 1. The molecule has 1 aliphatic carbocycles. The molecule has 0 spiro atoms. The van der Waals surface area contributed by atoms with Gasteiger partial charge in [-0.25, -0.2) is 0 Å². The molecular formula is C21H22O5S. The van der Waals surface area contributed by atoms with E-state index >= 15 is 0 Å². The predicted molar refractivity (Wildman–Crippen MR) is 104 cm³/mol. The molecule has 0 fully saturated rings. The van der Waals surface area contributed by atoms with Gasteiger partial charge in [0.05, 0.1) is 20.8 Å². The van der Waals surface area contributed by atoms with Gasteiger partial charge in [0.25, 0.3) is 0 Å². The highest BCUT2D eigenvalue weighted by Crippen LogP contribution is 2.44. The molecule has 142 valence electrons. The third-order valence-electron chi connectivity index (χ3n) is 4.67. The summed E-state index contributed by atoms with van der Waals surface area (Å²) >= 11 is 1.55. The number of carbonyl (C=O) groups excluding carboxylic acids is 2. The molecule has 2 aromatic rings. The second kappa shape index (κ2) is 8.39. The number of allylic oxidation sites excluding steroid dienone is 2. The van der Waals surface area contributed by atoms with E-state index < -0.39 is 11.9 Å². The zero-order valence-electron chi connectivity index (χ0n) is 15.6. The van der Waals surface area contributed by atoms with E-state index in [1.807, 2.05) is 29.6 Å². The van der Waals surface area contributed by atoms with Crippen LogP contribution in [0.1, 0.15) is 29.7 Å². The number of methoxy groups -OCH3 is 2. The standard InChI is InChI=1S/C21H22O5S/c1-4-26-21(23)20-16(19-6-5-9-27-19)10-13(11-17(20)22)15-8-7-14(24-2)12-18(15)25-3/h5-9,11-12,16,20H,4,10H2,1-3H3/t16-,20+/m1/s1. The van der Waals surface area contributed by atoms with Crippen molar-refractivity contribution < 1.29 is 23.8 Å². The van der Waals surface area contributed by atoms with Gasteiger partial charge in [0.15, 0.2) is 5.78 Å². The van der Waals surface area contributed by atoms with Crippen LogP contribution in [0.4, 0.5) is 0 Å². The summed E-state index contributed by atoms with van der Waals surface area (Å²) in [5.74, 6) is -0.436. The van der Waals surface area contributed by atoms with Crippen LogP contribution in [-0.2, 0) is 14.3 Å². The van der Waals surface area contributed by atoms with Crippen molar-refractivity contribution in [2.45, 2.75) is 19.3 Å². The predicted octanol–water partition coefficient (Wildman–Crippen LogP) is 4.08. The van der Waals surface area contributed by atoms with Crippen molar-refractivity contribution in [3.63, 3.8) is 0 Å². The molecule has 27 heavy (non-hydrogen) atoms. The van der Waals surface area contributed by atoms with Crippen molar-refractivity contribution in [3.05, 3.63) is 52.2 Å². The quantitative estimate of drug-likeness (QED) is 0.553. The van der Waals surface area contributed by atoms with Gasteiger partial charge in [-0.2, -0.15) is 0 Å². The molecule has 1 aliphatic rings. The number of carbonyl (C=O) groups is 2. The largest absolute Gasteiger partial charge is 0.497 e. The molecule has 0 N–H and O–H groups in total. The molecule has 0 unspecified atom stereocenters. The van der Waals surface area contributed by atoms with Crippen LogP contribution < -0.4 is 9.47 Å². The zero-order valence-corrected chi connectivity index (χ0v) is 16.4. The second-order valence-corrected chi connectivity index (χ2v) is 7.17. The second-order valence-electron chi connectivity index (χ2n) is 6.19. The highest BCUT2D eigenvalue weighted by molar-refractivity contribution is 7.10. The lowest BCUT2D eigenvalue weighted by molar-refractivity contribution is -0.151. The van der Waals surface area contributed by atoms with Crippen LogP contribution in [0.25, 0.3) is 5.57 Å². The summed E-state index contributed by atoms with van der Waals surface area (Å²) in [7, 11) is 3.18. The molecule has 5 nitrogen and oxygen atoms in total. The Morgan fingerprint density at radius 3 is 2.67 bits per heavy atom. The molecule has 0 saturated heterocycles. The van der Waals surface area contributed by atoms with Crippen molar-refractivity contribution in [2.24, 2.45) is 5.92 Å². The molecule has 0 amide bonds. The van der Waals surface area contributed by atoms with Gasteiger partial charge < -0.3 is 14.2 Å². The maximum absolute atomic E-state index is 12.9. The van der Waals surface area contributed by atoms with Gasteiger partial charge in [-0.1, -0.05) is 6.07 Å². The van der Waals surface area contributed by atoms with Crippen LogP contribution in [0, 0.1) is 5.92 Å². The summed E-state index contributed by atoms with van der Waals surface area (Å²) in [5.41, 5.74) is 1.67. The first-order valence-corrected chi connectivity index (χ1v) is 9.63. The van der Waals surface area contributed by atoms with E-state index in [4.69, 9.17) is 14.2 Å². The van der Waals surface area contributed by atoms with Gasteiger partial charge in [0.2, 0.25) is 0 Å². The number of rotatable bonds is 6. The minimum Gasteiger partial charge on any atom is -0.497 e. The number of thiophene rings is 1. The van der Waals surface area contributed by atoms with E-state index in [-0.39, 0.29) is 18.3 Å². The van der Waals surface area contributed by atoms with Crippen molar-refractivity contribution in [1.82, 2.24) is 0 Å². The molecule has 2 atom stereocenters. The van der Waals surface area contributed by atoms with Crippen molar-refractivity contribution in [1.29, 1.82) is 0 Å². The van der Waals surface area contributed by atoms with E-state index in [9.17, 15) is 9.59 Å². The topological polar surface area (TPSA) is 61.8 Å². The molecule has 3 rings (SSSR count). The average molecular weight is 386 g/mol. The molecule has 0 radical (unpaired) electrons. The summed E-state index contributed by atoms with van der Waals surface area (Å²) in [6.07, 6.45) is 2.11. The lowest BCUT2D eigenvalue weighted by Crippen LogP contribution is -2.33. The number of hydrogen-bond acceptors (Lipinski definition) is 6. The minimum absolute atomic E-state index is 0.231. The average Bonchev–Trinajstić information content (AvgIpc) is 3.21. The van der Waals surface area contributed by atoms with Gasteiger partial charge in [-0.05, 0) is 48.6 Å². The molecule has 0 bridgehead atoms. The molecule has 1 aromatic heterocycles. The highest BCUT2D eigenvalue weighted by Gasteiger charge is 2.40. The van der Waals surface area contributed by atoms with E-state index in [2.05, 4.69) is 0 Å². The van der Waals surface area contributed by atoms with E-state index in [1.165, 1.54) is 0 Å². The van der Waals surface area contributed by atoms with Crippen LogP contribution in [0.15, 0.2) is 41.8 Å². The molecular weight excluding hydrogens is 364 g/mol. The highest BCUT2D eigenvalue weighted by atomic mass is 32.1. The van der Waals surface area contributed by atoms with E-state index in [1.54, 1.807) is 44.6 Å². The Balaban J connectivity index is 2.03. The summed E-state index contributed by atoms with van der Waals surface area (Å²) in [4.78, 5) is 26.3. The summed E-state index contributed by atoms with van der Waals surface area (Å²) in [6, 6.07) is 9.40. The van der Waals surface area contributed by atoms with Gasteiger partial charge in [0, 0.05) is 22.4 Å². The summed E-state index contributed by atoms with van der Waals surface area (Å²) < 4.78 is 15.9. The fourth-order valence-corrected chi connectivity index (χ4v) is 4.27. The van der Waals surface area contributed by atoms with Gasteiger partial charge in [0.1, 0.15) is 17.4 Å². The van der Waals surface area contributed by atoms with Crippen molar-refractivity contribution >= 4 is 28.7 Å². The van der Waals surface area contributed by atoms with Crippen LogP contribution in [0.5, 0.6) is 11.5 Å². The number of esters is 1. The Bertz CT molecular complexity index is 853. The Kier molecular flexibility index (Phi) is 5.96. The van der Waals surface area contributed by atoms with Gasteiger partial charge >= 0.3 is 5.97 Å². The molecule has 0 saturated carbocycles. The smallest absolute Gasteiger partial charge is 0.317 e. The summed E-state index contributed by atoms with van der Waals surface area (Å²) in [6.45, 7) is 2.00. The maximum atomic E-state index is 12.9. The van der Waals surface area contributed by atoms with Crippen LogP contribution in [-0.4, -0.2) is 32.6 Å². The number of benzene rings is 1. The molecule has 1 aromatic carbocycles. The fraction of sp³-hybridized carbons (Fsp3) is 0.333. The van der Waals surface area contributed by atoms with Crippen molar-refractivity contribution in [2.75, 3.05) is 20.8 Å². The van der Waals surface area contributed by atoms with Crippen LogP contribution in [0.2, 0.25) is 0 Å². The number of ether oxygens (including phenoxy) is 3. The van der Waals surface area contributed by atoms with Crippen LogP contribution in [0.3, 0.4) is 0 Å². The molecule has 1 heterocycles. The third-order valence-corrected chi connectivity index (χ3v) is 5.67.